The molecule has 3 aliphatic carbocycles. The maximum atomic E-state index is 9.01. The molecule has 322 valence electrons. The van der Waals surface area contributed by atoms with Crippen molar-refractivity contribution in [3.8, 4) is 23.1 Å². The largest absolute Gasteiger partial charge is 0.509 e. The molecular formula is C56H54N5OPt-3. The minimum Gasteiger partial charge on any atom is -0.509 e. The van der Waals surface area contributed by atoms with Gasteiger partial charge in [-0.3, -0.25) is 4.57 Å². The van der Waals surface area contributed by atoms with E-state index in [1.165, 1.54) is 94.8 Å². The SMILES string of the molecule is [2H]c1c([2H])c([2H])c(-n2c(-n3c4[c-]c(Oc5[c-]c(N6[CH-]N(C7C(C8CCCCC8)CCCC7C7CCCCC7)c7ccccc76)ccc5)ccc4c4ccccc43)nc3ccccc32)c([2H])c1[2H].[Pt]. The minimum absolute atomic E-state index is 0. The van der Waals surface area contributed by atoms with E-state index in [-0.39, 0.29) is 38.8 Å². The number of rotatable bonds is 8. The fraction of sp³-hybridized carbons (Fsp3) is 0.321. The standard InChI is InChI=1S/C56H54N5O.Pt/c1-4-18-39(19-5-1)45-27-17-28-46(40-20-6-2-7-21-40)55(45)59-38-58(52-32-14-15-33-53(52)59)42-24-16-25-43(36-42)62-44-34-35-48-47-26-10-12-30-50(47)61(54(48)37-44)56-57-49-29-11-13-31-51(49)60(56)41-22-8-3-9-23-41;/h3,8-16,22-26,29-35,38-40,45-46,55H,1-2,4-7,17-21,27-28H2;/q-3;/i3D,8D,9D,22D,23D;. The van der Waals surface area contributed by atoms with Crippen molar-refractivity contribution in [2.24, 2.45) is 23.7 Å². The Bertz CT molecular complexity index is 3120. The molecule has 63 heavy (non-hydrogen) atoms. The predicted molar refractivity (Wildman–Crippen MR) is 253 cm³/mol. The van der Waals surface area contributed by atoms with Gasteiger partial charge in [0.15, 0.2) is 0 Å². The van der Waals surface area contributed by atoms with Crippen LogP contribution in [0.5, 0.6) is 11.5 Å². The number of hydrogen-bond donors (Lipinski definition) is 0. The first kappa shape index (κ1) is 35.1. The number of hydrogen-bond acceptors (Lipinski definition) is 4. The second kappa shape index (κ2) is 17.3. The topological polar surface area (TPSA) is 38.5 Å². The van der Waals surface area contributed by atoms with Crippen LogP contribution in [-0.4, -0.2) is 20.2 Å². The number of ether oxygens (including phenoxy) is 1. The molecular weight excluding hydrogens is 954 g/mol. The molecule has 3 fully saturated rings. The molecule has 0 amide bonds. The Morgan fingerprint density at radius 1 is 0.587 bits per heavy atom. The smallest absolute Gasteiger partial charge is 0.218 e. The second-order valence-electron chi connectivity index (χ2n) is 18.1. The van der Waals surface area contributed by atoms with Crippen molar-refractivity contribution in [3.05, 3.63) is 152 Å². The van der Waals surface area contributed by atoms with Crippen LogP contribution in [0.2, 0.25) is 0 Å². The Kier molecular flexibility index (Phi) is 9.65. The monoisotopic (exact) mass is 1010 g/mol. The zero-order valence-electron chi connectivity index (χ0n) is 40.4. The number of anilines is 3. The van der Waals surface area contributed by atoms with Crippen LogP contribution < -0.4 is 14.5 Å². The van der Waals surface area contributed by atoms with E-state index < -0.39 is 18.1 Å². The van der Waals surface area contributed by atoms with Crippen molar-refractivity contribution in [1.82, 2.24) is 14.1 Å². The summed E-state index contributed by atoms with van der Waals surface area (Å²) >= 11 is 0. The molecule has 2 aromatic heterocycles. The molecule has 0 bridgehead atoms. The average Bonchev–Trinajstić information content (AvgIpc) is 4.05. The molecule has 6 aromatic carbocycles. The third kappa shape index (κ3) is 7.27. The van der Waals surface area contributed by atoms with Gasteiger partial charge in [-0.15, -0.1) is 41.4 Å². The van der Waals surface area contributed by atoms with Gasteiger partial charge >= 0.3 is 0 Å². The fourth-order valence-electron chi connectivity index (χ4n) is 12.0. The van der Waals surface area contributed by atoms with Gasteiger partial charge in [0.25, 0.3) is 0 Å². The Morgan fingerprint density at radius 3 is 2.02 bits per heavy atom. The zero-order chi connectivity index (χ0) is 45.3. The summed E-state index contributed by atoms with van der Waals surface area (Å²) in [6.07, 6.45) is 17.7. The molecule has 0 saturated heterocycles. The molecule has 8 aromatic rings. The van der Waals surface area contributed by atoms with Crippen LogP contribution in [0.15, 0.2) is 133 Å². The van der Waals surface area contributed by atoms with Crippen LogP contribution in [0.25, 0.3) is 44.5 Å². The van der Waals surface area contributed by atoms with Crippen molar-refractivity contribution >= 4 is 49.9 Å². The minimum atomic E-state index is -0.447. The van der Waals surface area contributed by atoms with E-state index in [1.54, 1.807) is 4.57 Å². The molecule has 1 aliphatic heterocycles. The van der Waals surface area contributed by atoms with Gasteiger partial charge < -0.3 is 19.1 Å². The van der Waals surface area contributed by atoms with Crippen LogP contribution in [0.4, 0.5) is 17.1 Å². The van der Waals surface area contributed by atoms with Gasteiger partial charge in [-0.2, -0.15) is 18.8 Å². The average molecular weight is 1010 g/mol. The van der Waals surface area contributed by atoms with Gasteiger partial charge in [-0.1, -0.05) is 137 Å². The number of benzene rings is 6. The first-order valence-corrected chi connectivity index (χ1v) is 23.1. The summed E-state index contributed by atoms with van der Waals surface area (Å²) in [5.74, 6) is 4.39. The molecule has 2 unspecified atom stereocenters. The molecule has 0 spiro atoms. The number of aromatic nitrogens is 3. The Balaban J connectivity index is 0.00000507. The van der Waals surface area contributed by atoms with E-state index in [0.29, 0.717) is 51.9 Å². The summed E-state index contributed by atoms with van der Waals surface area (Å²) in [7, 11) is 0. The third-order valence-corrected chi connectivity index (χ3v) is 14.7. The Hall–Kier alpha value is -5.32. The summed E-state index contributed by atoms with van der Waals surface area (Å²) in [5, 5.41) is 1.86. The fourth-order valence-corrected chi connectivity index (χ4v) is 12.0. The normalized spacial score (nSPS) is 22.0. The summed E-state index contributed by atoms with van der Waals surface area (Å²) in [6, 6.07) is 40.3. The van der Waals surface area contributed by atoms with Crippen molar-refractivity contribution in [2.45, 2.75) is 89.5 Å². The maximum absolute atomic E-state index is 9.01. The number of fused-ring (bicyclic) bond motifs is 5. The molecule has 12 rings (SSSR count). The summed E-state index contributed by atoms with van der Waals surface area (Å²) in [4.78, 5) is 10.1. The van der Waals surface area contributed by atoms with Gasteiger partial charge in [-0.25, -0.2) is 4.98 Å². The third-order valence-electron chi connectivity index (χ3n) is 14.7. The van der Waals surface area contributed by atoms with Crippen LogP contribution in [0.3, 0.4) is 0 Å². The Labute approximate surface area is 393 Å². The van der Waals surface area contributed by atoms with E-state index in [2.05, 4.69) is 58.9 Å². The van der Waals surface area contributed by atoms with Crippen LogP contribution in [-0.2, 0) is 21.1 Å². The van der Waals surface area contributed by atoms with Gasteiger partial charge in [0, 0.05) is 61.2 Å². The number of imidazole rings is 1. The molecule has 7 heteroatoms. The van der Waals surface area contributed by atoms with E-state index >= 15 is 0 Å². The first-order chi connectivity index (χ1) is 32.8. The molecule has 0 radical (unpaired) electrons. The van der Waals surface area contributed by atoms with Crippen LogP contribution >= 0.6 is 0 Å². The Morgan fingerprint density at radius 2 is 1.25 bits per heavy atom. The van der Waals surface area contributed by atoms with Crippen LogP contribution in [0.1, 0.15) is 90.3 Å². The van der Waals surface area contributed by atoms with Gasteiger partial charge in [0.1, 0.15) is 0 Å². The number of para-hydroxylation sites is 6. The van der Waals surface area contributed by atoms with Crippen molar-refractivity contribution < 1.29 is 32.7 Å². The molecule has 6 nitrogen and oxygen atoms in total. The van der Waals surface area contributed by atoms with E-state index in [1.807, 2.05) is 77.4 Å². The predicted octanol–water partition coefficient (Wildman–Crippen LogP) is 14.5. The van der Waals surface area contributed by atoms with E-state index in [9.17, 15) is 0 Å². The first-order valence-electron chi connectivity index (χ1n) is 25.6. The molecule has 0 N–H and O–H groups in total. The van der Waals surface area contributed by atoms with E-state index in [4.69, 9.17) is 16.6 Å². The van der Waals surface area contributed by atoms with Gasteiger partial charge in [-0.05, 0) is 84.3 Å². The quantitative estimate of drug-likeness (QED) is 0.142. The maximum Gasteiger partial charge on any atom is 0.218 e. The molecule has 2 atom stereocenters. The van der Waals surface area contributed by atoms with Crippen molar-refractivity contribution in [3.63, 3.8) is 0 Å². The molecule has 4 aliphatic rings. The molecule has 3 saturated carbocycles. The van der Waals surface area contributed by atoms with Gasteiger partial charge in [0.2, 0.25) is 5.95 Å². The van der Waals surface area contributed by atoms with Gasteiger partial charge in [0.05, 0.1) is 17.9 Å². The number of nitrogens with zero attached hydrogens (tertiary/aromatic N) is 5. The van der Waals surface area contributed by atoms with Crippen LogP contribution in [0, 0.1) is 42.5 Å². The van der Waals surface area contributed by atoms with Crippen molar-refractivity contribution in [2.75, 3.05) is 9.80 Å². The summed E-state index contributed by atoms with van der Waals surface area (Å²) in [5.41, 5.74) is 6.12. The second-order valence-corrected chi connectivity index (χ2v) is 18.1. The van der Waals surface area contributed by atoms with Crippen molar-refractivity contribution in [1.29, 1.82) is 0 Å². The zero-order valence-corrected chi connectivity index (χ0v) is 37.7. The molecule has 3 heterocycles. The summed E-state index contributed by atoms with van der Waals surface area (Å²) < 4.78 is 53.8. The summed E-state index contributed by atoms with van der Waals surface area (Å²) in [6.45, 7) is 2.39. The van der Waals surface area contributed by atoms with E-state index in [0.717, 1.165) is 33.8 Å².